The van der Waals surface area contributed by atoms with E-state index >= 15 is 0 Å². The zero-order chi connectivity index (χ0) is 30.7. The average Bonchev–Trinajstić information content (AvgIpc) is 3.07. The molecule has 0 saturated carbocycles. The summed E-state index contributed by atoms with van der Waals surface area (Å²) in [6.07, 6.45) is 4.51. The van der Waals surface area contributed by atoms with Crippen molar-refractivity contribution in [3.05, 3.63) is 120 Å². The molecule has 1 aliphatic rings. The number of nitrogens with zero attached hydrogens (tertiary/aromatic N) is 3. The van der Waals surface area contributed by atoms with Crippen LogP contribution in [0, 0.1) is 0 Å². The van der Waals surface area contributed by atoms with Gasteiger partial charge < -0.3 is 25.2 Å². The van der Waals surface area contributed by atoms with Gasteiger partial charge in [0.2, 0.25) is 5.91 Å². The molecule has 4 aromatic rings. The van der Waals surface area contributed by atoms with Gasteiger partial charge in [0.15, 0.2) is 6.61 Å². The molecule has 1 unspecified atom stereocenters. The Kier molecular flexibility index (Phi) is 10.2. The Balaban J connectivity index is 1.30. The van der Waals surface area contributed by atoms with Gasteiger partial charge in [0, 0.05) is 44.1 Å². The average molecular weight is 592 g/mol. The Morgan fingerprint density at radius 2 is 1.61 bits per heavy atom. The van der Waals surface area contributed by atoms with Gasteiger partial charge in [0.1, 0.15) is 5.75 Å². The predicted octanol–water partition coefficient (Wildman–Crippen LogP) is 4.87. The van der Waals surface area contributed by atoms with E-state index in [1.807, 2.05) is 78.6 Å². The van der Waals surface area contributed by atoms with Gasteiger partial charge in [-0.3, -0.25) is 19.4 Å². The number of nitrogens with one attached hydrogen (secondary N) is 2. The highest BCUT2D eigenvalue weighted by Gasteiger charge is 2.24. The van der Waals surface area contributed by atoms with Gasteiger partial charge in [-0.25, -0.2) is 0 Å². The summed E-state index contributed by atoms with van der Waals surface area (Å²) in [4.78, 5) is 47.5. The molecule has 1 atom stereocenters. The van der Waals surface area contributed by atoms with E-state index in [-0.39, 0.29) is 30.4 Å². The first-order valence-corrected chi connectivity index (χ1v) is 14.9. The molecule has 0 bridgehead atoms. The van der Waals surface area contributed by atoms with Crippen molar-refractivity contribution in [3.8, 4) is 5.75 Å². The number of para-hydroxylation sites is 1. The second-order valence-electron chi connectivity index (χ2n) is 10.6. The molecule has 1 aromatic heterocycles. The highest BCUT2D eigenvalue weighted by Crippen LogP contribution is 2.29. The van der Waals surface area contributed by atoms with Crippen LogP contribution in [0.3, 0.4) is 0 Å². The molecular weight excluding hydrogens is 554 g/mol. The lowest BCUT2D eigenvalue weighted by Crippen LogP contribution is -2.49. The van der Waals surface area contributed by atoms with E-state index in [0.29, 0.717) is 56.0 Å². The van der Waals surface area contributed by atoms with Gasteiger partial charge in [-0.2, -0.15) is 0 Å². The van der Waals surface area contributed by atoms with Crippen LogP contribution < -0.4 is 20.3 Å². The molecule has 1 aliphatic heterocycles. The van der Waals surface area contributed by atoms with Gasteiger partial charge in [0.05, 0.1) is 23.8 Å². The van der Waals surface area contributed by atoms with E-state index in [4.69, 9.17) is 4.74 Å². The van der Waals surface area contributed by atoms with Crippen LogP contribution in [0.4, 0.5) is 11.4 Å². The number of carbonyl (C=O) groups is 3. The second kappa shape index (κ2) is 14.8. The first kappa shape index (κ1) is 30.3. The molecule has 3 aromatic carbocycles. The van der Waals surface area contributed by atoms with Crippen LogP contribution in [0.2, 0.25) is 0 Å². The number of aromatic nitrogens is 1. The number of hydrogen-bond donors (Lipinski definition) is 2. The van der Waals surface area contributed by atoms with Crippen molar-refractivity contribution in [2.24, 2.45) is 0 Å². The minimum Gasteiger partial charge on any atom is -0.484 e. The highest BCUT2D eigenvalue weighted by molar-refractivity contribution is 6.00. The minimum absolute atomic E-state index is 0.0913. The van der Waals surface area contributed by atoms with Crippen LogP contribution in [0.1, 0.15) is 40.9 Å². The molecule has 9 heteroatoms. The van der Waals surface area contributed by atoms with Gasteiger partial charge in [-0.05, 0) is 53.9 Å². The summed E-state index contributed by atoms with van der Waals surface area (Å²) < 4.78 is 5.65. The lowest BCUT2D eigenvalue weighted by atomic mass is 10.1. The van der Waals surface area contributed by atoms with E-state index in [1.165, 1.54) is 0 Å². The van der Waals surface area contributed by atoms with Crippen molar-refractivity contribution in [2.45, 2.75) is 25.8 Å². The maximum atomic E-state index is 13.4. The van der Waals surface area contributed by atoms with Crippen molar-refractivity contribution in [1.29, 1.82) is 0 Å². The Labute approximate surface area is 257 Å². The van der Waals surface area contributed by atoms with Crippen LogP contribution in [-0.4, -0.2) is 60.4 Å². The highest BCUT2D eigenvalue weighted by atomic mass is 16.5. The summed E-state index contributed by atoms with van der Waals surface area (Å²) in [5, 5.41) is 6.05. The molecule has 3 amide bonds. The molecule has 5 rings (SSSR count). The molecule has 0 radical (unpaired) electrons. The predicted molar refractivity (Wildman–Crippen MR) is 171 cm³/mol. The van der Waals surface area contributed by atoms with Crippen LogP contribution >= 0.6 is 0 Å². The monoisotopic (exact) mass is 591 g/mol. The molecular formula is C35H37N5O4. The normalized spacial score (nSPS) is 13.6. The summed E-state index contributed by atoms with van der Waals surface area (Å²) in [5.41, 5.74) is 3.63. The third kappa shape index (κ3) is 8.01. The SMILES string of the molecule is CCC(NC(=O)c1ccc(N2CCN(C(=O)Cc3ccccc3)CC2)c(NC(=O)COc2ccccc2)c1)c1cccnc1. The fourth-order valence-corrected chi connectivity index (χ4v) is 5.23. The topological polar surface area (TPSA) is 104 Å². The summed E-state index contributed by atoms with van der Waals surface area (Å²) in [7, 11) is 0. The molecule has 0 aliphatic carbocycles. The van der Waals surface area contributed by atoms with E-state index < -0.39 is 0 Å². The number of pyridine rings is 1. The zero-order valence-corrected chi connectivity index (χ0v) is 24.8. The van der Waals surface area contributed by atoms with Crippen LogP contribution in [-0.2, 0) is 16.0 Å². The third-order valence-electron chi connectivity index (χ3n) is 7.62. The van der Waals surface area contributed by atoms with Crippen molar-refractivity contribution in [1.82, 2.24) is 15.2 Å². The fourth-order valence-electron chi connectivity index (χ4n) is 5.23. The molecule has 1 saturated heterocycles. The number of carbonyl (C=O) groups excluding carboxylic acids is 3. The van der Waals surface area contributed by atoms with Gasteiger partial charge in [0.25, 0.3) is 11.8 Å². The Hall–Kier alpha value is -5.18. The van der Waals surface area contributed by atoms with Gasteiger partial charge in [-0.15, -0.1) is 0 Å². The summed E-state index contributed by atoms with van der Waals surface area (Å²) in [5.74, 6) is 0.0904. The summed E-state index contributed by atoms with van der Waals surface area (Å²) in [6.45, 7) is 4.12. The van der Waals surface area contributed by atoms with Crippen LogP contribution in [0.25, 0.3) is 0 Å². The number of rotatable bonds is 11. The van der Waals surface area contributed by atoms with Crippen molar-refractivity contribution >= 4 is 29.1 Å². The number of hydrogen-bond acceptors (Lipinski definition) is 6. The molecule has 0 spiro atoms. The quantitative estimate of drug-likeness (QED) is 0.258. The summed E-state index contributed by atoms with van der Waals surface area (Å²) >= 11 is 0. The number of amides is 3. The lowest BCUT2D eigenvalue weighted by molar-refractivity contribution is -0.130. The number of ether oxygens (including phenoxy) is 1. The van der Waals surface area contributed by atoms with Crippen LogP contribution in [0.5, 0.6) is 5.75 Å². The van der Waals surface area contributed by atoms with E-state index in [2.05, 4.69) is 20.5 Å². The summed E-state index contributed by atoms with van der Waals surface area (Å²) in [6, 6.07) is 27.8. The Bertz CT molecular complexity index is 1540. The maximum Gasteiger partial charge on any atom is 0.262 e. The van der Waals surface area contributed by atoms with Crippen molar-refractivity contribution in [2.75, 3.05) is 43.0 Å². The Morgan fingerprint density at radius 1 is 0.886 bits per heavy atom. The van der Waals surface area contributed by atoms with E-state index in [9.17, 15) is 14.4 Å². The molecule has 44 heavy (non-hydrogen) atoms. The minimum atomic E-state index is -0.342. The number of piperazine rings is 1. The molecule has 9 nitrogen and oxygen atoms in total. The van der Waals surface area contributed by atoms with Gasteiger partial charge >= 0.3 is 0 Å². The lowest BCUT2D eigenvalue weighted by Gasteiger charge is -2.37. The number of anilines is 2. The molecule has 2 heterocycles. The molecule has 226 valence electrons. The Morgan fingerprint density at radius 3 is 2.30 bits per heavy atom. The van der Waals surface area contributed by atoms with Crippen molar-refractivity contribution < 1.29 is 19.1 Å². The molecule has 1 fully saturated rings. The first-order chi connectivity index (χ1) is 21.5. The zero-order valence-electron chi connectivity index (χ0n) is 24.8. The van der Waals surface area contributed by atoms with Crippen molar-refractivity contribution in [3.63, 3.8) is 0 Å². The smallest absolute Gasteiger partial charge is 0.262 e. The maximum absolute atomic E-state index is 13.4. The van der Waals surface area contributed by atoms with Crippen LogP contribution in [0.15, 0.2) is 103 Å². The number of benzene rings is 3. The third-order valence-corrected chi connectivity index (χ3v) is 7.62. The first-order valence-electron chi connectivity index (χ1n) is 14.9. The second-order valence-corrected chi connectivity index (χ2v) is 10.6. The van der Waals surface area contributed by atoms with E-state index in [1.54, 1.807) is 36.7 Å². The fraction of sp³-hybridized carbons (Fsp3) is 0.257. The van der Waals surface area contributed by atoms with Gasteiger partial charge in [-0.1, -0.05) is 61.5 Å². The standard InChI is InChI=1S/C35H37N5O4/c1-2-30(28-12-9-17-36-24-28)38-35(43)27-15-16-32(31(23-27)37-33(41)25-44-29-13-7-4-8-14-29)39-18-20-40(21-19-39)34(42)22-26-10-5-3-6-11-26/h3-17,23-24,30H,2,18-22,25H2,1H3,(H,37,41)(H,38,43). The molecule has 2 N–H and O–H groups in total. The largest absolute Gasteiger partial charge is 0.484 e. The van der Waals surface area contributed by atoms with E-state index in [0.717, 1.165) is 16.8 Å².